The van der Waals surface area contributed by atoms with Crippen molar-refractivity contribution in [3.8, 4) is 0 Å². The van der Waals surface area contributed by atoms with Crippen molar-refractivity contribution in [1.82, 2.24) is 4.90 Å². The maximum absolute atomic E-state index is 13.4. The fourth-order valence-electron chi connectivity index (χ4n) is 2.01. The van der Waals surface area contributed by atoms with Gasteiger partial charge in [0.05, 0.1) is 4.47 Å². The lowest BCUT2D eigenvalue weighted by Gasteiger charge is -2.31. The predicted molar refractivity (Wildman–Crippen MR) is 73.6 cm³/mol. The van der Waals surface area contributed by atoms with Crippen molar-refractivity contribution in [2.24, 2.45) is 0 Å². The molecular weight excluding hydrogens is 337 g/mol. The van der Waals surface area contributed by atoms with Gasteiger partial charge < -0.3 is 10.2 Å². The third kappa shape index (κ3) is 3.45. The van der Waals surface area contributed by atoms with Gasteiger partial charge in [0.15, 0.2) is 0 Å². The minimum atomic E-state index is -2.70. The fraction of sp³-hybridized carbons (Fsp3) is 0.462. The van der Waals surface area contributed by atoms with Crippen LogP contribution >= 0.6 is 15.9 Å². The Morgan fingerprint density at radius 1 is 1.35 bits per heavy atom. The van der Waals surface area contributed by atoms with Gasteiger partial charge in [0, 0.05) is 31.6 Å². The Bertz CT molecular complexity index is 527. The normalized spacial score (nSPS) is 17.9. The number of piperidine rings is 1. The number of carbonyl (C=O) groups excluding carboxylic acids is 1. The number of benzene rings is 1. The van der Waals surface area contributed by atoms with Gasteiger partial charge in [-0.2, -0.15) is 0 Å². The van der Waals surface area contributed by atoms with Gasteiger partial charge in [-0.25, -0.2) is 18.0 Å². The first kappa shape index (κ1) is 15.2. The minimum absolute atomic E-state index is 0.00308. The molecule has 0 spiro atoms. The fourth-order valence-corrected chi connectivity index (χ4v) is 2.47. The molecule has 110 valence electrons. The largest absolute Gasteiger partial charge is 0.324 e. The summed E-state index contributed by atoms with van der Waals surface area (Å²) >= 11 is 3.05. The van der Waals surface area contributed by atoms with Crippen LogP contribution in [0.3, 0.4) is 0 Å². The first-order chi connectivity index (χ1) is 9.28. The molecule has 2 rings (SSSR count). The molecule has 1 N–H and O–H groups in total. The van der Waals surface area contributed by atoms with E-state index in [4.69, 9.17) is 0 Å². The van der Waals surface area contributed by atoms with E-state index in [0.717, 1.165) is 0 Å². The highest BCUT2D eigenvalue weighted by Crippen LogP contribution is 2.28. The molecule has 0 aliphatic carbocycles. The predicted octanol–water partition coefficient (Wildman–Crippen LogP) is 4.16. The molecule has 1 aliphatic heterocycles. The third-order valence-electron chi connectivity index (χ3n) is 3.29. The number of hydrogen-bond acceptors (Lipinski definition) is 1. The molecule has 7 heteroatoms. The number of hydrogen-bond donors (Lipinski definition) is 1. The molecule has 0 bridgehead atoms. The molecule has 0 radical (unpaired) electrons. The summed E-state index contributed by atoms with van der Waals surface area (Å²) in [6.07, 6.45) is -0.678. The van der Waals surface area contributed by atoms with E-state index in [1.807, 2.05) is 0 Å². The van der Waals surface area contributed by atoms with Crippen molar-refractivity contribution in [2.45, 2.75) is 25.7 Å². The molecule has 1 aromatic carbocycles. The molecule has 0 aromatic heterocycles. The highest BCUT2D eigenvalue weighted by molar-refractivity contribution is 9.10. The van der Waals surface area contributed by atoms with Crippen LogP contribution in [0.15, 0.2) is 16.6 Å². The molecule has 0 atom stereocenters. The molecule has 1 saturated heterocycles. The number of anilines is 1. The van der Waals surface area contributed by atoms with Crippen LogP contribution < -0.4 is 5.32 Å². The van der Waals surface area contributed by atoms with E-state index in [2.05, 4.69) is 21.2 Å². The van der Waals surface area contributed by atoms with Crippen LogP contribution in [0.25, 0.3) is 0 Å². The number of alkyl halides is 2. The van der Waals surface area contributed by atoms with Crippen molar-refractivity contribution in [1.29, 1.82) is 0 Å². The Balaban J connectivity index is 2.04. The molecular formula is C13H14BrF3N2O. The van der Waals surface area contributed by atoms with Gasteiger partial charge in [0.1, 0.15) is 5.82 Å². The van der Waals surface area contributed by atoms with E-state index < -0.39 is 17.8 Å². The maximum Gasteiger partial charge on any atom is 0.321 e. The number of rotatable bonds is 1. The number of amides is 2. The molecule has 1 fully saturated rings. The number of likely N-dealkylation sites (tertiary alicyclic amines) is 1. The zero-order valence-electron chi connectivity index (χ0n) is 10.9. The van der Waals surface area contributed by atoms with Crippen LogP contribution in [0.5, 0.6) is 0 Å². The smallest absolute Gasteiger partial charge is 0.321 e. The lowest BCUT2D eigenvalue weighted by atomic mass is 10.1. The second-order valence-electron chi connectivity index (χ2n) is 4.85. The maximum atomic E-state index is 13.4. The highest BCUT2D eigenvalue weighted by atomic mass is 79.9. The van der Waals surface area contributed by atoms with Crippen LogP contribution in [0.4, 0.5) is 23.7 Å². The quantitative estimate of drug-likeness (QED) is 0.810. The van der Waals surface area contributed by atoms with E-state index in [1.165, 1.54) is 11.0 Å². The van der Waals surface area contributed by atoms with Crippen molar-refractivity contribution in [3.63, 3.8) is 0 Å². The summed E-state index contributed by atoms with van der Waals surface area (Å²) in [6, 6.07) is 2.27. The number of nitrogens with zero attached hydrogens (tertiary/aromatic N) is 1. The SMILES string of the molecule is Cc1cc(Br)c(F)cc1NC(=O)N1CCC(F)(F)CC1. The molecule has 2 amide bonds. The first-order valence-electron chi connectivity index (χ1n) is 6.18. The number of nitrogens with one attached hydrogen (secondary N) is 1. The second kappa shape index (κ2) is 5.63. The number of carbonyl (C=O) groups is 1. The zero-order valence-corrected chi connectivity index (χ0v) is 12.4. The summed E-state index contributed by atoms with van der Waals surface area (Å²) in [5.41, 5.74) is 1.03. The van der Waals surface area contributed by atoms with Crippen LogP contribution in [0.2, 0.25) is 0 Å². The molecule has 20 heavy (non-hydrogen) atoms. The average molecular weight is 351 g/mol. The number of halogens is 4. The Morgan fingerprint density at radius 2 is 1.95 bits per heavy atom. The summed E-state index contributed by atoms with van der Waals surface area (Å²) in [7, 11) is 0. The average Bonchev–Trinajstić information content (AvgIpc) is 2.35. The van der Waals surface area contributed by atoms with Gasteiger partial charge in [-0.3, -0.25) is 0 Å². The van der Waals surface area contributed by atoms with Gasteiger partial charge in [0.25, 0.3) is 5.92 Å². The molecule has 3 nitrogen and oxygen atoms in total. The van der Waals surface area contributed by atoms with Gasteiger partial charge in [-0.05, 0) is 40.5 Å². The molecule has 0 unspecified atom stereocenters. The van der Waals surface area contributed by atoms with Crippen LogP contribution in [0.1, 0.15) is 18.4 Å². The van der Waals surface area contributed by atoms with Gasteiger partial charge in [-0.1, -0.05) is 0 Å². The summed E-state index contributed by atoms with van der Waals surface area (Å²) in [5, 5.41) is 2.56. The van der Waals surface area contributed by atoms with Crippen LogP contribution in [-0.2, 0) is 0 Å². The lowest BCUT2D eigenvalue weighted by Crippen LogP contribution is -2.44. The van der Waals surface area contributed by atoms with Crippen molar-refractivity contribution in [2.75, 3.05) is 18.4 Å². The molecule has 1 heterocycles. The molecule has 1 aliphatic rings. The highest BCUT2D eigenvalue weighted by Gasteiger charge is 2.35. The summed E-state index contributed by atoms with van der Waals surface area (Å²) < 4.78 is 39.8. The Morgan fingerprint density at radius 3 is 2.55 bits per heavy atom. The second-order valence-corrected chi connectivity index (χ2v) is 5.71. The number of urea groups is 1. The van der Waals surface area contributed by atoms with Crippen LogP contribution in [-0.4, -0.2) is 29.9 Å². The van der Waals surface area contributed by atoms with Gasteiger partial charge >= 0.3 is 6.03 Å². The first-order valence-corrected chi connectivity index (χ1v) is 6.97. The van der Waals surface area contributed by atoms with Crippen molar-refractivity contribution >= 4 is 27.6 Å². The van der Waals surface area contributed by atoms with Crippen molar-refractivity contribution < 1.29 is 18.0 Å². The topological polar surface area (TPSA) is 32.3 Å². The Labute approximate surface area is 123 Å². The summed E-state index contributed by atoms with van der Waals surface area (Å²) in [5.74, 6) is -3.19. The Kier molecular flexibility index (Phi) is 4.27. The van der Waals surface area contributed by atoms with E-state index >= 15 is 0 Å². The van der Waals surface area contributed by atoms with Crippen molar-refractivity contribution in [3.05, 3.63) is 28.0 Å². The molecule has 1 aromatic rings. The number of aryl methyl sites for hydroxylation is 1. The minimum Gasteiger partial charge on any atom is -0.324 e. The van der Waals surface area contributed by atoms with E-state index in [9.17, 15) is 18.0 Å². The van der Waals surface area contributed by atoms with Gasteiger partial charge in [-0.15, -0.1) is 0 Å². The Hall–Kier alpha value is -1.24. The zero-order chi connectivity index (χ0) is 14.9. The monoisotopic (exact) mass is 350 g/mol. The van der Waals surface area contributed by atoms with E-state index in [1.54, 1.807) is 13.0 Å². The van der Waals surface area contributed by atoms with E-state index in [0.29, 0.717) is 15.7 Å². The summed E-state index contributed by atoms with van der Waals surface area (Å²) in [6.45, 7) is 1.72. The van der Waals surface area contributed by atoms with E-state index in [-0.39, 0.29) is 25.9 Å². The summed E-state index contributed by atoms with van der Waals surface area (Å²) in [4.78, 5) is 13.3. The molecule has 0 saturated carbocycles. The third-order valence-corrected chi connectivity index (χ3v) is 3.90. The lowest BCUT2D eigenvalue weighted by molar-refractivity contribution is -0.0461. The van der Waals surface area contributed by atoms with Gasteiger partial charge in [0.2, 0.25) is 0 Å². The van der Waals surface area contributed by atoms with Crippen LogP contribution in [0, 0.1) is 12.7 Å². The standard InChI is InChI=1S/C13H14BrF3N2O/c1-8-6-9(14)10(15)7-11(8)18-12(20)19-4-2-13(16,17)3-5-19/h6-7H,2-5H2,1H3,(H,18,20).